The molecule has 0 aliphatic heterocycles. The number of hydrogen-bond acceptors (Lipinski definition) is 2. The monoisotopic (exact) mass is 327 g/mol. The van der Waals surface area contributed by atoms with Crippen molar-refractivity contribution in [1.82, 2.24) is 4.57 Å². The lowest BCUT2D eigenvalue weighted by Gasteiger charge is -2.22. The lowest BCUT2D eigenvalue weighted by molar-refractivity contribution is -0.121. The number of aryl methyl sites for hydroxylation is 3. The van der Waals surface area contributed by atoms with E-state index in [4.69, 9.17) is 0 Å². The van der Waals surface area contributed by atoms with Gasteiger partial charge in [0.1, 0.15) is 5.78 Å². The number of carbonyl (C=O) groups excluding carboxylic acids is 1. The van der Waals surface area contributed by atoms with Crippen LogP contribution in [0.4, 0.5) is 0 Å². The lowest BCUT2D eigenvalue weighted by Crippen LogP contribution is -2.23. The molecule has 0 spiro atoms. The molecule has 2 aromatic rings. The van der Waals surface area contributed by atoms with Gasteiger partial charge < -0.3 is 4.57 Å². The molecule has 1 aromatic heterocycles. The van der Waals surface area contributed by atoms with Crippen LogP contribution in [0.1, 0.15) is 57.1 Å². The highest BCUT2D eigenvalue weighted by Gasteiger charge is 2.19. The third-order valence-corrected chi connectivity index (χ3v) is 4.90. The van der Waals surface area contributed by atoms with Crippen LogP contribution in [0, 0.1) is 19.8 Å². The number of rotatable bonds is 3. The van der Waals surface area contributed by atoms with Crippen LogP contribution < -0.4 is 5.56 Å². The molecule has 1 aliphatic carbocycles. The third kappa shape index (κ3) is 4.14. The van der Waals surface area contributed by atoms with E-state index in [1.807, 2.05) is 25.3 Å². The smallest absolute Gasteiger partial charge is 0.251 e. The Morgan fingerprint density at radius 1 is 1.04 bits per heavy atom. The second-order valence-electron chi connectivity index (χ2n) is 6.61. The molecule has 3 heteroatoms. The summed E-state index contributed by atoms with van der Waals surface area (Å²) in [4.78, 5) is 23.7. The molecule has 3 rings (SSSR count). The van der Waals surface area contributed by atoms with Crippen molar-refractivity contribution in [2.45, 2.75) is 66.3 Å². The molecule has 0 radical (unpaired) electrons. The number of aromatic nitrogens is 1. The van der Waals surface area contributed by atoms with Crippen LogP contribution in [0.5, 0.6) is 0 Å². The van der Waals surface area contributed by atoms with Crippen LogP contribution in [0.2, 0.25) is 0 Å². The molecule has 24 heavy (non-hydrogen) atoms. The predicted octanol–water partition coefficient (Wildman–Crippen LogP) is 4.79. The Balaban J connectivity index is 0.00000100. The summed E-state index contributed by atoms with van der Waals surface area (Å²) in [6, 6.07) is 8.04. The summed E-state index contributed by atoms with van der Waals surface area (Å²) in [5, 5.41) is 1.16. The van der Waals surface area contributed by atoms with Gasteiger partial charge in [0.2, 0.25) is 0 Å². The first-order valence-corrected chi connectivity index (χ1v) is 9.17. The molecule has 0 N–H and O–H groups in total. The van der Waals surface area contributed by atoms with Crippen molar-refractivity contribution >= 4 is 16.7 Å². The van der Waals surface area contributed by atoms with E-state index in [2.05, 4.69) is 25.1 Å². The highest BCUT2D eigenvalue weighted by molar-refractivity contribution is 5.83. The molecule has 1 heterocycles. The number of pyridine rings is 1. The van der Waals surface area contributed by atoms with Crippen LogP contribution in [0.3, 0.4) is 0 Å². The van der Waals surface area contributed by atoms with Gasteiger partial charge in [-0.15, -0.1) is 0 Å². The molecule has 0 saturated heterocycles. The van der Waals surface area contributed by atoms with Crippen molar-refractivity contribution in [2.24, 2.45) is 5.92 Å². The van der Waals surface area contributed by atoms with Gasteiger partial charge in [-0.1, -0.05) is 26.0 Å². The first-order valence-electron chi connectivity index (χ1n) is 9.17. The molecule has 0 amide bonds. The molecule has 1 aliphatic rings. The average Bonchev–Trinajstić information content (AvgIpc) is 2.58. The number of nitrogens with zero attached hydrogens (tertiary/aromatic N) is 1. The van der Waals surface area contributed by atoms with Gasteiger partial charge in [-0.2, -0.15) is 0 Å². The first kappa shape index (κ1) is 18.4. The summed E-state index contributed by atoms with van der Waals surface area (Å²) in [5.74, 6) is 0.968. The molecule has 1 saturated carbocycles. The van der Waals surface area contributed by atoms with E-state index < -0.39 is 0 Å². The second kappa shape index (κ2) is 8.27. The molecule has 1 fully saturated rings. The second-order valence-corrected chi connectivity index (χ2v) is 6.61. The van der Waals surface area contributed by atoms with E-state index in [1.54, 1.807) is 6.07 Å². The van der Waals surface area contributed by atoms with Gasteiger partial charge in [0, 0.05) is 30.8 Å². The van der Waals surface area contributed by atoms with Crippen LogP contribution in [-0.4, -0.2) is 10.4 Å². The van der Waals surface area contributed by atoms with Gasteiger partial charge in [-0.05, 0) is 56.2 Å². The van der Waals surface area contributed by atoms with Crippen LogP contribution in [0.15, 0.2) is 29.1 Å². The normalized spacial score (nSPS) is 15.2. The fourth-order valence-corrected chi connectivity index (χ4v) is 3.49. The number of hydrogen-bond donors (Lipinski definition) is 0. The van der Waals surface area contributed by atoms with E-state index in [1.165, 1.54) is 5.56 Å². The van der Waals surface area contributed by atoms with E-state index in [9.17, 15) is 9.59 Å². The van der Waals surface area contributed by atoms with Gasteiger partial charge in [-0.3, -0.25) is 9.59 Å². The summed E-state index contributed by atoms with van der Waals surface area (Å²) in [7, 11) is 0. The van der Waals surface area contributed by atoms with E-state index >= 15 is 0 Å². The summed E-state index contributed by atoms with van der Waals surface area (Å²) >= 11 is 0. The lowest BCUT2D eigenvalue weighted by atomic mass is 9.86. The standard InChI is InChI=1S/C19H23NO2.C2H6/c1-13-3-8-17-14(2)12-19(22)20(18(17)11-13)10-9-15-4-6-16(21)7-5-15;1-2/h3,8,11-12,15H,4-7,9-10H2,1-2H3;1-2H3. The minimum absolute atomic E-state index is 0.0856. The van der Waals surface area contributed by atoms with Crippen molar-refractivity contribution in [3.8, 4) is 0 Å². The largest absolute Gasteiger partial charge is 0.308 e. The van der Waals surface area contributed by atoms with Crippen molar-refractivity contribution < 1.29 is 4.79 Å². The number of fused-ring (bicyclic) bond motifs is 1. The summed E-state index contributed by atoms with van der Waals surface area (Å²) in [6.07, 6.45) is 4.38. The zero-order valence-electron chi connectivity index (χ0n) is 15.4. The Bertz CT molecular complexity index is 763. The van der Waals surface area contributed by atoms with Crippen molar-refractivity contribution in [3.05, 3.63) is 45.7 Å². The maximum absolute atomic E-state index is 12.4. The fraction of sp³-hybridized carbons (Fsp3) is 0.524. The van der Waals surface area contributed by atoms with Gasteiger partial charge >= 0.3 is 0 Å². The Morgan fingerprint density at radius 3 is 2.38 bits per heavy atom. The van der Waals surface area contributed by atoms with Crippen molar-refractivity contribution in [3.63, 3.8) is 0 Å². The molecule has 1 aromatic carbocycles. The molecule has 3 nitrogen and oxygen atoms in total. The predicted molar refractivity (Wildman–Crippen MR) is 101 cm³/mol. The van der Waals surface area contributed by atoms with Gasteiger partial charge in [0.15, 0.2) is 0 Å². The van der Waals surface area contributed by atoms with Crippen LogP contribution in [0.25, 0.3) is 10.9 Å². The van der Waals surface area contributed by atoms with E-state index in [-0.39, 0.29) is 5.56 Å². The number of benzene rings is 1. The maximum Gasteiger partial charge on any atom is 0.251 e. The zero-order valence-corrected chi connectivity index (χ0v) is 15.4. The summed E-state index contributed by atoms with van der Waals surface area (Å²) in [6.45, 7) is 8.80. The Labute approximate surface area is 144 Å². The SMILES string of the molecule is CC.Cc1ccc2c(C)cc(=O)n(CCC3CCC(=O)CC3)c2c1. The highest BCUT2D eigenvalue weighted by Crippen LogP contribution is 2.25. The maximum atomic E-state index is 12.4. The minimum atomic E-state index is 0.0856. The zero-order chi connectivity index (χ0) is 17.7. The Hall–Kier alpha value is -1.90. The molecule has 0 atom stereocenters. The third-order valence-electron chi connectivity index (χ3n) is 4.90. The van der Waals surface area contributed by atoms with E-state index in [0.29, 0.717) is 24.5 Å². The van der Waals surface area contributed by atoms with E-state index in [0.717, 1.165) is 42.3 Å². The van der Waals surface area contributed by atoms with Gasteiger partial charge in [0.05, 0.1) is 5.52 Å². The highest BCUT2D eigenvalue weighted by atomic mass is 16.1. The number of Topliss-reactive ketones (excluding diaryl/α,β-unsaturated/α-hetero) is 1. The van der Waals surface area contributed by atoms with Gasteiger partial charge in [-0.25, -0.2) is 0 Å². The first-order chi connectivity index (χ1) is 11.5. The number of ketones is 1. The number of carbonyl (C=O) groups is 1. The van der Waals surface area contributed by atoms with Crippen molar-refractivity contribution in [1.29, 1.82) is 0 Å². The molecule has 130 valence electrons. The van der Waals surface area contributed by atoms with Crippen LogP contribution in [-0.2, 0) is 11.3 Å². The van der Waals surface area contributed by atoms with Gasteiger partial charge in [0.25, 0.3) is 5.56 Å². The minimum Gasteiger partial charge on any atom is -0.308 e. The summed E-state index contributed by atoms with van der Waals surface area (Å²) < 4.78 is 1.91. The van der Waals surface area contributed by atoms with Crippen LogP contribution >= 0.6 is 0 Å². The average molecular weight is 327 g/mol. The fourth-order valence-electron chi connectivity index (χ4n) is 3.49. The Morgan fingerprint density at radius 2 is 1.71 bits per heavy atom. The molecular weight excluding hydrogens is 298 g/mol. The quantitative estimate of drug-likeness (QED) is 0.812. The summed E-state index contributed by atoms with van der Waals surface area (Å²) in [5.41, 5.74) is 3.34. The molecule has 0 unspecified atom stereocenters. The Kier molecular flexibility index (Phi) is 6.36. The molecule has 0 bridgehead atoms. The van der Waals surface area contributed by atoms with Crippen molar-refractivity contribution in [2.75, 3.05) is 0 Å². The topological polar surface area (TPSA) is 39.1 Å². The molecular formula is C21H29NO2.